The minimum Gasteiger partial charge on any atom is -0.495 e. The zero-order valence-corrected chi connectivity index (χ0v) is 26.6. The minimum atomic E-state index is -4.36. The van der Waals surface area contributed by atoms with Crippen LogP contribution in [0.4, 0.5) is 10.1 Å². The van der Waals surface area contributed by atoms with Gasteiger partial charge in [-0.15, -0.1) is 0 Å². The van der Waals surface area contributed by atoms with E-state index in [1.807, 2.05) is 37.3 Å². The summed E-state index contributed by atoms with van der Waals surface area (Å²) in [7, 11) is -2.98. The first-order valence-corrected chi connectivity index (χ1v) is 16.2. The number of ether oxygens (including phenoxy) is 1. The lowest BCUT2D eigenvalue weighted by atomic mass is 10.0. The number of anilines is 1. The molecule has 0 fully saturated rings. The van der Waals surface area contributed by atoms with Crippen molar-refractivity contribution in [3.63, 3.8) is 0 Å². The third-order valence-corrected chi connectivity index (χ3v) is 9.15. The summed E-state index contributed by atoms with van der Waals surface area (Å²) in [4.78, 5) is 29.3. The quantitative estimate of drug-likeness (QED) is 0.185. The maximum absolute atomic E-state index is 15.0. The second-order valence-electron chi connectivity index (χ2n) is 10.3. The summed E-state index contributed by atoms with van der Waals surface area (Å²) in [6.07, 6.45) is 0.769. The summed E-state index contributed by atoms with van der Waals surface area (Å²) in [6, 6.07) is 26.1. The molecule has 0 radical (unpaired) electrons. The van der Waals surface area contributed by atoms with E-state index in [0.717, 1.165) is 9.87 Å². The monoisotopic (exact) mass is 651 g/mol. The van der Waals surface area contributed by atoms with Crippen LogP contribution in [0.2, 0.25) is 5.02 Å². The van der Waals surface area contributed by atoms with Crippen LogP contribution in [0.15, 0.2) is 108 Å². The first-order valence-electron chi connectivity index (χ1n) is 14.4. The van der Waals surface area contributed by atoms with Crippen molar-refractivity contribution in [1.29, 1.82) is 0 Å². The largest absolute Gasteiger partial charge is 0.495 e. The zero-order chi connectivity index (χ0) is 32.4. The van der Waals surface area contributed by atoms with Crippen LogP contribution in [0.3, 0.4) is 0 Å². The first kappa shape index (κ1) is 33.5. The fourth-order valence-corrected chi connectivity index (χ4v) is 6.43. The van der Waals surface area contributed by atoms with E-state index in [9.17, 15) is 18.0 Å². The average molecular weight is 652 g/mol. The number of halogens is 2. The molecule has 4 aromatic carbocycles. The molecule has 1 unspecified atom stereocenters. The van der Waals surface area contributed by atoms with Gasteiger partial charge < -0.3 is 15.0 Å². The van der Waals surface area contributed by atoms with Gasteiger partial charge in [0.1, 0.15) is 24.2 Å². The van der Waals surface area contributed by atoms with Crippen molar-refractivity contribution in [2.75, 3.05) is 24.5 Å². The second kappa shape index (κ2) is 15.5. The Morgan fingerprint density at radius 2 is 1.58 bits per heavy atom. The van der Waals surface area contributed by atoms with Crippen molar-refractivity contribution in [2.24, 2.45) is 0 Å². The van der Waals surface area contributed by atoms with Gasteiger partial charge in [-0.25, -0.2) is 12.8 Å². The van der Waals surface area contributed by atoms with Crippen molar-refractivity contribution >= 4 is 39.1 Å². The number of sulfonamides is 1. The van der Waals surface area contributed by atoms with Gasteiger partial charge in [0.05, 0.1) is 17.7 Å². The molecule has 4 rings (SSSR count). The summed E-state index contributed by atoms with van der Waals surface area (Å²) < 4.78 is 49.7. The Bertz CT molecular complexity index is 1710. The summed E-state index contributed by atoms with van der Waals surface area (Å²) in [5.41, 5.74) is 0.971. The molecule has 1 atom stereocenters. The van der Waals surface area contributed by atoms with Gasteiger partial charge in [0.25, 0.3) is 10.0 Å². The van der Waals surface area contributed by atoms with Crippen molar-refractivity contribution in [3.8, 4) is 5.75 Å². The third-order valence-electron chi connectivity index (χ3n) is 7.14. The van der Waals surface area contributed by atoms with Crippen LogP contribution >= 0.6 is 11.6 Å². The number of rotatable bonds is 14. The smallest absolute Gasteiger partial charge is 0.264 e. The van der Waals surface area contributed by atoms with E-state index >= 15 is 4.39 Å². The second-order valence-corrected chi connectivity index (χ2v) is 12.5. The lowest BCUT2D eigenvalue weighted by molar-refractivity contribution is -0.140. The van der Waals surface area contributed by atoms with E-state index < -0.39 is 40.2 Å². The molecule has 2 amide bonds. The van der Waals surface area contributed by atoms with Crippen LogP contribution in [0.25, 0.3) is 0 Å². The molecule has 45 heavy (non-hydrogen) atoms. The van der Waals surface area contributed by atoms with E-state index in [1.54, 1.807) is 24.3 Å². The van der Waals surface area contributed by atoms with E-state index in [4.69, 9.17) is 16.3 Å². The molecular weight excluding hydrogens is 617 g/mol. The van der Waals surface area contributed by atoms with Gasteiger partial charge in [-0.2, -0.15) is 0 Å². The molecule has 11 heteroatoms. The average Bonchev–Trinajstić information content (AvgIpc) is 3.05. The molecular formula is C34H35ClFN3O5S. The fraction of sp³-hybridized carbons (Fsp3) is 0.235. The lowest BCUT2D eigenvalue weighted by Crippen LogP contribution is -2.53. The Hall–Kier alpha value is -4.41. The Balaban J connectivity index is 1.85. The van der Waals surface area contributed by atoms with Crippen LogP contribution in [-0.2, 0) is 32.6 Å². The molecule has 0 spiro atoms. The van der Waals surface area contributed by atoms with Gasteiger partial charge in [0, 0.05) is 30.1 Å². The molecule has 236 valence electrons. The number of hydrogen-bond donors (Lipinski definition) is 1. The minimum absolute atomic E-state index is 0.0306. The van der Waals surface area contributed by atoms with E-state index in [2.05, 4.69) is 5.32 Å². The molecule has 0 saturated carbocycles. The molecule has 0 heterocycles. The highest BCUT2D eigenvalue weighted by Gasteiger charge is 2.36. The number of carbonyl (C=O) groups excluding carboxylic acids is 2. The Labute approximate surface area is 268 Å². The van der Waals surface area contributed by atoms with Gasteiger partial charge >= 0.3 is 0 Å². The van der Waals surface area contributed by atoms with Crippen LogP contribution in [0, 0.1) is 5.82 Å². The summed E-state index contributed by atoms with van der Waals surface area (Å²) in [5.74, 6) is -1.57. The van der Waals surface area contributed by atoms with Gasteiger partial charge in [0.2, 0.25) is 11.8 Å². The molecule has 0 aliphatic heterocycles. The lowest BCUT2D eigenvalue weighted by Gasteiger charge is -2.34. The Morgan fingerprint density at radius 3 is 2.22 bits per heavy atom. The molecule has 0 aliphatic rings. The highest BCUT2D eigenvalue weighted by Crippen LogP contribution is 2.35. The predicted molar refractivity (Wildman–Crippen MR) is 173 cm³/mol. The fourth-order valence-electron chi connectivity index (χ4n) is 4.82. The highest BCUT2D eigenvalue weighted by atomic mass is 35.5. The molecule has 0 saturated heterocycles. The Kier molecular flexibility index (Phi) is 11.6. The number of nitrogens with zero attached hydrogens (tertiary/aromatic N) is 2. The normalized spacial score (nSPS) is 11.8. The number of carbonyl (C=O) groups is 2. The van der Waals surface area contributed by atoms with Crippen molar-refractivity contribution in [2.45, 2.75) is 37.2 Å². The number of amides is 2. The maximum Gasteiger partial charge on any atom is 0.264 e. The van der Waals surface area contributed by atoms with Crippen molar-refractivity contribution in [1.82, 2.24) is 10.2 Å². The highest BCUT2D eigenvalue weighted by molar-refractivity contribution is 7.92. The molecule has 8 nitrogen and oxygen atoms in total. The summed E-state index contributed by atoms with van der Waals surface area (Å²) in [6.45, 7) is 1.25. The summed E-state index contributed by atoms with van der Waals surface area (Å²) >= 11 is 6.30. The van der Waals surface area contributed by atoms with Crippen molar-refractivity contribution in [3.05, 3.63) is 125 Å². The Morgan fingerprint density at radius 1 is 0.933 bits per heavy atom. The van der Waals surface area contributed by atoms with Crippen LogP contribution in [-0.4, -0.2) is 51.4 Å². The SMILES string of the molecule is CCCNC(=O)C(Cc1ccccc1)N(Cc1ccccc1F)C(=O)CN(c1cc(Cl)ccc1OC)S(=O)(=O)c1ccccc1. The molecule has 0 aromatic heterocycles. The van der Waals surface area contributed by atoms with Gasteiger partial charge in [-0.05, 0) is 48.4 Å². The van der Waals surface area contributed by atoms with E-state index in [-0.39, 0.29) is 39.9 Å². The maximum atomic E-state index is 15.0. The summed E-state index contributed by atoms with van der Waals surface area (Å²) in [5, 5.41) is 3.08. The standard InChI is InChI=1S/C34H35ClFN3O5S/c1-3-20-37-34(41)31(21-25-12-6-4-7-13-25)38(23-26-14-10-11-17-29(26)36)33(40)24-39(30-22-27(35)18-19-32(30)44-2)45(42,43)28-15-8-5-9-16-28/h4-19,22,31H,3,20-21,23-24H2,1-2H3,(H,37,41). The topological polar surface area (TPSA) is 96.0 Å². The van der Waals surface area contributed by atoms with E-state index in [0.29, 0.717) is 13.0 Å². The molecule has 0 bridgehead atoms. The first-order chi connectivity index (χ1) is 21.6. The number of nitrogens with one attached hydrogen (secondary N) is 1. The van der Waals surface area contributed by atoms with Gasteiger partial charge in [-0.3, -0.25) is 13.9 Å². The zero-order valence-electron chi connectivity index (χ0n) is 25.0. The molecule has 4 aromatic rings. The van der Waals surface area contributed by atoms with E-state index in [1.165, 1.54) is 60.5 Å². The number of benzene rings is 4. The van der Waals surface area contributed by atoms with Gasteiger partial charge in [-0.1, -0.05) is 85.3 Å². The van der Waals surface area contributed by atoms with Crippen LogP contribution < -0.4 is 14.4 Å². The van der Waals surface area contributed by atoms with Crippen LogP contribution in [0.1, 0.15) is 24.5 Å². The van der Waals surface area contributed by atoms with Gasteiger partial charge in [0.15, 0.2) is 0 Å². The number of methoxy groups -OCH3 is 1. The van der Waals surface area contributed by atoms with Crippen LogP contribution in [0.5, 0.6) is 5.75 Å². The predicted octanol–water partition coefficient (Wildman–Crippen LogP) is 5.85. The molecule has 1 N–H and O–H groups in total. The number of hydrogen-bond acceptors (Lipinski definition) is 5. The third kappa shape index (κ3) is 8.40. The van der Waals surface area contributed by atoms with Crippen molar-refractivity contribution < 1.29 is 27.1 Å². The molecule has 0 aliphatic carbocycles.